The number of hydrogen-bond donors (Lipinski definition) is 3. The van der Waals surface area contributed by atoms with Crippen LogP contribution in [0.1, 0.15) is 5.56 Å². The van der Waals surface area contributed by atoms with Gasteiger partial charge in [-0.2, -0.15) is 0 Å². The van der Waals surface area contributed by atoms with Gasteiger partial charge in [0.15, 0.2) is 5.11 Å². The molecule has 0 aliphatic carbocycles. The molecule has 0 aliphatic rings. The van der Waals surface area contributed by atoms with Gasteiger partial charge in [0, 0.05) is 22.8 Å². The van der Waals surface area contributed by atoms with Gasteiger partial charge in [-0.15, -0.1) is 0 Å². The predicted octanol–water partition coefficient (Wildman–Crippen LogP) is 2.81. The number of benzene rings is 2. The number of nitrogens with one attached hydrogen (secondary N) is 3. The number of carbonyl (C=O) groups excluding carboxylic acids is 1. The van der Waals surface area contributed by atoms with Crippen molar-refractivity contribution in [2.24, 2.45) is 0 Å². The molecule has 1 amide bonds. The van der Waals surface area contributed by atoms with Crippen molar-refractivity contribution in [3.8, 4) is 0 Å². The molecule has 7 nitrogen and oxygen atoms in total. The molecule has 0 aromatic heterocycles. The summed E-state index contributed by atoms with van der Waals surface area (Å²) >= 11 is 10.8. The second-order valence-electron chi connectivity index (χ2n) is 4.73. The van der Waals surface area contributed by atoms with Crippen LogP contribution in [0.15, 0.2) is 48.5 Å². The lowest BCUT2D eigenvalue weighted by atomic mass is 10.1. The lowest BCUT2D eigenvalue weighted by molar-refractivity contribution is -0.384. The van der Waals surface area contributed by atoms with Crippen molar-refractivity contribution in [3.05, 3.63) is 69.2 Å². The smallest absolute Gasteiger partial charge is 0.269 e. The molecule has 0 atom stereocenters. The van der Waals surface area contributed by atoms with Gasteiger partial charge in [-0.05, 0) is 42.0 Å². The molecule has 0 fully saturated rings. The molecule has 0 heterocycles. The van der Waals surface area contributed by atoms with Gasteiger partial charge in [0.25, 0.3) is 5.69 Å². The number of nitro benzene ring substituents is 1. The van der Waals surface area contributed by atoms with Gasteiger partial charge in [0.1, 0.15) is 0 Å². The van der Waals surface area contributed by atoms with E-state index in [9.17, 15) is 14.9 Å². The third kappa shape index (κ3) is 5.49. The molecule has 124 valence electrons. The Morgan fingerprint density at radius 2 is 1.71 bits per heavy atom. The van der Waals surface area contributed by atoms with Crippen molar-refractivity contribution < 1.29 is 9.72 Å². The Balaban J connectivity index is 1.78. The number of nitrogens with zero attached hydrogens (tertiary/aromatic N) is 1. The minimum Gasteiger partial charge on any atom is -0.331 e. The number of nitro groups is 1. The highest BCUT2D eigenvalue weighted by atomic mass is 35.5. The summed E-state index contributed by atoms with van der Waals surface area (Å²) in [4.78, 5) is 21.9. The summed E-state index contributed by atoms with van der Waals surface area (Å²) in [5, 5.41) is 14.3. The maximum Gasteiger partial charge on any atom is 0.269 e. The highest BCUT2D eigenvalue weighted by Gasteiger charge is 2.07. The largest absolute Gasteiger partial charge is 0.331 e. The Morgan fingerprint density at radius 1 is 1.08 bits per heavy atom. The summed E-state index contributed by atoms with van der Waals surface area (Å²) in [7, 11) is 0. The van der Waals surface area contributed by atoms with Gasteiger partial charge >= 0.3 is 0 Å². The monoisotopic (exact) mass is 364 g/mol. The van der Waals surface area contributed by atoms with E-state index in [-0.39, 0.29) is 23.1 Å². The zero-order valence-corrected chi connectivity index (χ0v) is 13.9. The van der Waals surface area contributed by atoms with E-state index in [0.29, 0.717) is 10.6 Å². The van der Waals surface area contributed by atoms with Crippen LogP contribution >= 0.6 is 23.8 Å². The van der Waals surface area contributed by atoms with Gasteiger partial charge < -0.3 is 5.32 Å². The molecular formula is C15H13ClN4O3S. The van der Waals surface area contributed by atoms with E-state index in [0.717, 1.165) is 5.69 Å². The molecule has 0 saturated carbocycles. The minimum absolute atomic E-state index is 0.0226. The first-order chi connectivity index (χ1) is 11.4. The fourth-order valence-corrected chi connectivity index (χ4v) is 2.08. The maximum atomic E-state index is 11.8. The van der Waals surface area contributed by atoms with E-state index in [4.69, 9.17) is 23.8 Å². The van der Waals surface area contributed by atoms with Gasteiger partial charge in [0.2, 0.25) is 5.91 Å². The summed E-state index contributed by atoms with van der Waals surface area (Å²) in [6.07, 6.45) is 0.0640. The van der Waals surface area contributed by atoms with E-state index in [2.05, 4.69) is 16.2 Å². The molecule has 3 N–H and O–H groups in total. The van der Waals surface area contributed by atoms with Gasteiger partial charge in [-0.1, -0.05) is 23.7 Å². The number of amides is 1. The Kier molecular flexibility index (Phi) is 6.05. The molecule has 0 spiro atoms. The first kappa shape index (κ1) is 17.6. The number of non-ortho nitro benzene ring substituents is 1. The standard InChI is InChI=1S/C15H13ClN4O3S/c16-11-3-5-12(6-4-11)17-15(24)19-18-14(21)9-10-1-7-13(8-2-10)20(22)23/h1-8H,9H2,(H,18,21)(H2,17,19,24). The fourth-order valence-electron chi connectivity index (χ4n) is 1.79. The fraction of sp³-hybridized carbons (Fsp3) is 0.0667. The number of anilines is 1. The quantitative estimate of drug-likeness (QED) is 0.438. The lowest BCUT2D eigenvalue weighted by Gasteiger charge is -2.11. The molecule has 9 heteroatoms. The predicted molar refractivity (Wildman–Crippen MR) is 95.8 cm³/mol. The topological polar surface area (TPSA) is 96.3 Å². The number of thiocarbonyl (C=S) groups is 1. The van der Waals surface area contributed by atoms with Crippen LogP contribution in [0.3, 0.4) is 0 Å². The van der Waals surface area contributed by atoms with E-state index >= 15 is 0 Å². The molecule has 24 heavy (non-hydrogen) atoms. The molecule has 0 aliphatic heterocycles. The first-order valence-corrected chi connectivity index (χ1v) is 7.57. The Hall–Kier alpha value is -2.71. The van der Waals surface area contributed by atoms with Gasteiger partial charge in [-0.25, -0.2) is 0 Å². The third-order valence-corrected chi connectivity index (χ3v) is 3.39. The molecule has 0 unspecified atom stereocenters. The Labute approximate surface area is 148 Å². The molecule has 2 aromatic carbocycles. The van der Waals surface area contributed by atoms with Crippen LogP contribution in [0.25, 0.3) is 0 Å². The number of hydrazine groups is 1. The van der Waals surface area contributed by atoms with Crippen molar-refractivity contribution in [1.29, 1.82) is 0 Å². The highest BCUT2D eigenvalue weighted by Crippen LogP contribution is 2.13. The third-order valence-electron chi connectivity index (χ3n) is 2.93. The van der Waals surface area contributed by atoms with Gasteiger partial charge in [0.05, 0.1) is 11.3 Å². The van der Waals surface area contributed by atoms with E-state index < -0.39 is 4.92 Å². The van der Waals surface area contributed by atoms with Crippen molar-refractivity contribution in [2.75, 3.05) is 5.32 Å². The SMILES string of the molecule is O=C(Cc1ccc([N+](=O)[O-])cc1)NNC(=S)Nc1ccc(Cl)cc1. The molecule has 0 radical (unpaired) electrons. The van der Waals surface area contributed by atoms with Crippen LogP contribution in [-0.2, 0) is 11.2 Å². The molecule has 0 bridgehead atoms. The summed E-state index contributed by atoms with van der Waals surface area (Å²) in [5.41, 5.74) is 6.37. The summed E-state index contributed by atoms with van der Waals surface area (Å²) in [6, 6.07) is 12.7. The summed E-state index contributed by atoms with van der Waals surface area (Å²) in [6.45, 7) is 0. The summed E-state index contributed by atoms with van der Waals surface area (Å²) in [5.74, 6) is -0.330. The van der Waals surface area contributed by atoms with Gasteiger partial charge in [-0.3, -0.25) is 25.8 Å². The van der Waals surface area contributed by atoms with Crippen molar-refractivity contribution in [2.45, 2.75) is 6.42 Å². The molecule has 0 saturated heterocycles. The van der Waals surface area contributed by atoms with E-state index in [1.54, 1.807) is 24.3 Å². The Morgan fingerprint density at radius 3 is 2.29 bits per heavy atom. The average molecular weight is 365 g/mol. The number of hydrogen-bond acceptors (Lipinski definition) is 4. The van der Waals surface area contributed by atoms with Crippen LogP contribution in [-0.4, -0.2) is 15.9 Å². The van der Waals surface area contributed by atoms with Crippen molar-refractivity contribution in [1.82, 2.24) is 10.9 Å². The highest BCUT2D eigenvalue weighted by molar-refractivity contribution is 7.80. The van der Waals surface area contributed by atoms with Crippen LogP contribution in [0, 0.1) is 10.1 Å². The maximum absolute atomic E-state index is 11.8. The second kappa shape index (κ2) is 8.23. The molecule has 2 aromatic rings. The van der Waals surface area contributed by atoms with Crippen LogP contribution < -0.4 is 16.2 Å². The average Bonchev–Trinajstić information content (AvgIpc) is 2.55. The van der Waals surface area contributed by atoms with E-state index in [1.165, 1.54) is 24.3 Å². The second-order valence-corrected chi connectivity index (χ2v) is 5.58. The Bertz CT molecular complexity index is 750. The molecule has 2 rings (SSSR count). The zero-order chi connectivity index (χ0) is 17.5. The minimum atomic E-state index is -0.494. The van der Waals surface area contributed by atoms with Crippen LogP contribution in [0.4, 0.5) is 11.4 Å². The normalized spacial score (nSPS) is 9.88. The van der Waals surface area contributed by atoms with E-state index in [1.807, 2.05) is 0 Å². The molecular weight excluding hydrogens is 352 g/mol. The number of rotatable bonds is 4. The first-order valence-electron chi connectivity index (χ1n) is 6.79. The van der Waals surface area contributed by atoms with Crippen molar-refractivity contribution >= 4 is 46.2 Å². The summed E-state index contributed by atoms with van der Waals surface area (Å²) < 4.78 is 0. The van der Waals surface area contributed by atoms with Crippen LogP contribution in [0.2, 0.25) is 5.02 Å². The van der Waals surface area contributed by atoms with Crippen LogP contribution in [0.5, 0.6) is 0 Å². The lowest BCUT2D eigenvalue weighted by Crippen LogP contribution is -2.44. The zero-order valence-electron chi connectivity index (χ0n) is 12.3. The number of halogens is 1. The van der Waals surface area contributed by atoms with Crippen molar-refractivity contribution in [3.63, 3.8) is 0 Å². The number of carbonyl (C=O) groups is 1.